The zero-order valence-electron chi connectivity index (χ0n) is 11.4. The molecule has 0 fully saturated rings. The second-order valence-corrected chi connectivity index (χ2v) is 5.46. The van der Waals surface area contributed by atoms with Crippen molar-refractivity contribution in [1.29, 1.82) is 0 Å². The Hall–Kier alpha value is -1.39. The Morgan fingerprint density at radius 1 is 1.20 bits per heavy atom. The van der Waals surface area contributed by atoms with Crippen LogP contribution in [0.2, 0.25) is 0 Å². The van der Waals surface area contributed by atoms with Gasteiger partial charge >= 0.3 is 0 Å². The second kappa shape index (κ2) is 6.37. The number of ether oxygens (including phenoxy) is 1. The van der Waals surface area contributed by atoms with Crippen molar-refractivity contribution in [2.75, 3.05) is 6.61 Å². The summed E-state index contributed by atoms with van der Waals surface area (Å²) in [7, 11) is 0. The van der Waals surface area contributed by atoms with Crippen LogP contribution in [0.25, 0.3) is 0 Å². The minimum absolute atomic E-state index is 0.245. The average molecular weight is 339 g/mol. The number of hydrogen-bond donors (Lipinski definition) is 1. The maximum Gasteiger partial charge on any atom is 0.129 e. The van der Waals surface area contributed by atoms with E-state index in [1.54, 1.807) is 24.3 Å². The van der Waals surface area contributed by atoms with E-state index < -0.39 is 11.9 Å². The molecule has 0 spiro atoms. The highest BCUT2D eigenvalue weighted by molar-refractivity contribution is 9.10. The summed E-state index contributed by atoms with van der Waals surface area (Å²) in [5, 5.41) is 10.5. The first-order valence-electron chi connectivity index (χ1n) is 6.39. The van der Waals surface area contributed by atoms with Gasteiger partial charge < -0.3 is 9.84 Å². The minimum Gasteiger partial charge on any atom is -0.493 e. The summed E-state index contributed by atoms with van der Waals surface area (Å²) in [6, 6.07) is 10.1. The Balaban J connectivity index is 2.46. The predicted molar refractivity (Wildman–Crippen MR) is 80.5 cm³/mol. The molecule has 0 bridgehead atoms. The maximum atomic E-state index is 14.0. The van der Waals surface area contributed by atoms with Crippen LogP contribution in [0, 0.1) is 12.7 Å². The third-order valence-corrected chi connectivity index (χ3v) is 3.51. The minimum atomic E-state index is -1.06. The molecule has 2 nitrogen and oxygen atoms in total. The molecule has 1 unspecified atom stereocenters. The van der Waals surface area contributed by atoms with Gasteiger partial charge in [-0.05, 0) is 43.7 Å². The highest BCUT2D eigenvalue weighted by Crippen LogP contribution is 2.33. The molecule has 0 aliphatic heterocycles. The molecule has 2 rings (SSSR count). The van der Waals surface area contributed by atoms with E-state index in [4.69, 9.17) is 4.74 Å². The Morgan fingerprint density at radius 3 is 2.60 bits per heavy atom. The van der Waals surface area contributed by atoms with Crippen molar-refractivity contribution < 1.29 is 14.2 Å². The van der Waals surface area contributed by atoms with Crippen LogP contribution in [-0.4, -0.2) is 11.7 Å². The zero-order chi connectivity index (χ0) is 14.7. The topological polar surface area (TPSA) is 29.5 Å². The van der Waals surface area contributed by atoms with Gasteiger partial charge in [0.25, 0.3) is 0 Å². The maximum absolute atomic E-state index is 14.0. The molecule has 0 amide bonds. The molecule has 2 aromatic carbocycles. The molecule has 0 aliphatic carbocycles. The molecule has 4 heteroatoms. The third-order valence-electron chi connectivity index (χ3n) is 3.02. The number of aryl methyl sites for hydroxylation is 1. The van der Waals surface area contributed by atoms with Crippen molar-refractivity contribution in [2.24, 2.45) is 0 Å². The number of halogens is 2. The molecular formula is C16H16BrFO2. The SMILES string of the molecule is CCOc1ccc(Br)cc1C(O)c1ccc(C)cc1F. The van der Waals surface area contributed by atoms with Gasteiger partial charge in [-0.25, -0.2) is 4.39 Å². The van der Waals surface area contributed by atoms with Crippen molar-refractivity contribution in [3.63, 3.8) is 0 Å². The fourth-order valence-electron chi connectivity index (χ4n) is 2.04. The number of rotatable bonds is 4. The van der Waals surface area contributed by atoms with Crippen LogP contribution in [0.3, 0.4) is 0 Å². The van der Waals surface area contributed by atoms with E-state index in [0.29, 0.717) is 17.9 Å². The monoisotopic (exact) mass is 338 g/mol. The molecule has 0 radical (unpaired) electrons. The van der Waals surface area contributed by atoms with Crippen LogP contribution in [-0.2, 0) is 0 Å². The van der Waals surface area contributed by atoms with Crippen LogP contribution >= 0.6 is 15.9 Å². The lowest BCUT2D eigenvalue weighted by Crippen LogP contribution is -2.06. The van der Waals surface area contributed by atoms with E-state index in [1.807, 2.05) is 19.9 Å². The largest absolute Gasteiger partial charge is 0.493 e. The van der Waals surface area contributed by atoms with E-state index in [0.717, 1.165) is 10.0 Å². The Kier molecular flexibility index (Phi) is 4.78. The number of benzene rings is 2. The molecule has 20 heavy (non-hydrogen) atoms. The van der Waals surface area contributed by atoms with E-state index in [9.17, 15) is 9.50 Å². The standard InChI is InChI=1S/C16H16BrFO2/c1-3-20-15-7-5-11(17)9-13(15)16(19)12-6-4-10(2)8-14(12)18/h4-9,16,19H,3H2,1-2H3. The van der Waals surface area contributed by atoms with Crippen molar-refractivity contribution in [2.45, 2.75) is 20.0 Å². The van der Waals surface area contributed by atoms with Crippen molar-refractivity contribution in [1.82, 2.24) is 0 Å². The summed E-state index contributed by atoms with van der Waals surface area (Å²) < 4.78 is 20.3. The van der Waals surface area contributed by atoms with Crippen LogP contribution in [0.5, 0.6) is 5.75 Å². The Labute approximate surface area is 126 Å². The van der Waals surface area contributed by atoms with Crippen molar-refractivity contribution >= 4 is 15.9 Å². The van der Waals surface area contributed by atoms with Gasteiger partial charge in [-0.15, -0.1) is 0 Å². The second-order valence-electron chi connectivity index (χ2n) is 4.54. The molecule has 0 heterocycles. The molecule has 2 aromatic rings. The lowest BCUT2D eigenvalue weighted by atomic mass is 9.99. The normalized spacial score (nSPS) is 12.2. The van der Waals surface area contributed by atoms with Gasteiger partial charge in [0.15, 0.2) is 0 Å². The first-order valence-corrected chi connectivity index (χ1v) is 7.18. The Bertz CT molecular complexity index is 613. The first-order chi connectivity index (χ1) is 9.52. The smallest absolute Gasteiger partial charge is 0.129 e. The number of aliphatic hydroxyl groups excluding tert-OH is 1. The first kappa shape index (κ1) is 15.0. The van der Waals surface area contributed by atoms with Gasteiger partial charge in [0.05, 0.1) is 6.61 Å². The van der Waals surface area contributed by atoms with Crippen molar-refractivity contribution in [3.05, 3.63) is 63.4 Å². The summed E-state index contributed by atoms with van der Waals surface area (Å²) in [5.74, 6) is 0.142. The fraction of sp³-hybridized carbons (Fsp3) is 0.250. The number of hydrogen-bond acceptors (Lipinski definition) is 2. The summed E-state index contributed by atoms with van der Waals surface area (Å²) in [6.45, 7) is 4.16. The van der Waals surface area contributed by atoms with Crippen LogP contribution in [0.1, 0.15) is 29.7 Å². The molecule has 0 aliphatic rings. The number of aliphatic hydroxyl groups is 1. The van der Waals surface area contributed by atoms with Gasteiger partial charge in [-0.2, -0.15) is 0 Å². The summed E-state index contributed by atoms with van der Waals surface area (Å²) in [6.07, 6.45) is -1.06. The lowest BCUT2D eigenvalue weighted by molar-refractivity contribution is 0.207. The third kappa shape index (κ3) is 3.19. The highest BCUT2D eigenvalue weighted by Gasteiger charge is 2.19. The lowest BCUT2D eigenvalue weighted by Gasteiger charge is -2.17. The van der Waals surface area contributed by atoms with Crippen LogP contribution in [0.4, 0.5) is 4.39 Å². The van der Waals surface area contributed by atoms with Crippen molar-refractivity contribution in [3.8, 4) is 5.75 Å². The van der Waals surface area contributed by atoms with E-state index in [2.05, 4.69) is 15.9 Å². The van der Waals surface area contributed by atoms with Gasteiger partial charge in [-0.3, -0.25) is 0 Å². The van der Waals surface area contributed by atoms with Crippen LogP contribution < -0.4 is 4.74 Å². The predicted octanol–water partition coefficient (Wildman–Crippen LogP) is 4.38. The van der Waals surface area contributed by atoms with Gasteiger partial charge in [0.2, 0.25) is 0 Å². The molecule has 106 valence electrons. The van der Waals surface area contributed by atoms with E-state index >= 15 is 0 Å². The summed E-state index contributed by atoms with van der Waals surface area (Å²) >= 11 is 3.36. The van der Waals surface area contributed by atoms with E-state index in [1.165, 1.54) is 6.07 Å². The highest BCUT2D eigenvalue weighted by atomic mass is 79.9. The molecular weight excluding hydrogens is 323 g/mol. The molecule has 1 N–H and O–H groups in total. The molecule has 0 aromatic heterocycles. The zero-order valence-corrected chi connectivity index (χ0v) is 12.9. The summed E-state index contributed by atoms with van der Waals surface area (Å²) in [4.78, 5) is 0. The average Bonchev–Trinajstić information content (AvgIpc) is 2.40. The molecule has 0 saturated heterocycles. The quantitative estimate of drug-likeness (QED) is 0.896. The fourth-order valence-corrected chi connectivity index (χ4v) is 2.42. The van der Waals surface area contributed by atoms with E-state index in [-0.39, 0.29) is 5.56 Å². The van der Waals surface area contributed by atoms with Gasteiger partial charge in [-0.1, -0.05) is 28.1 Å². The van der Waals surface area contributed by atoms with Gasteiger partial charge in [0, 0.05) is 15.6 Å². The molecule has 0 saturated carbocycles. The summed E-state index contributed by atoms with van der Waals surface area (Å²) in [5.41, 5.74) is 1.61. The van der Waals surface area contributed by atoms with Crippen LogP contribution in [0.15, 0.2) is 40.9 Å². The van der Waals surface area contributed by atoms with Gasteiger partial charge in [0.1, 0.15) is 17.7 Å². The Morgan fingerprint density at radius 2 is 1.95 bits per heavy atom. The molecule has 1 atom stereocenters.